The highest BCUT2D eigenvalue weighted by molar-refractivity contribution is 7.99. The molecule has 0 unspecified atom stereocenters. The van der Waals surface area contributed by atoms with Crippen LogP contribution in [0, 0.1) is 0 Å². The molecule has 3 rings (SSSR count). The Bertz CT molecular complexity index is 1100. The van der Waals surface area contributed by atoms with Gasteiger partial charge < -0.3 is 4.84 Å². The maximum absolute atomic E-state index is 13.3. The summed E-state index contributed by atoms with van der Waals surface area (Å²) in [6.45, 7) is 2.13. The van der Waals surface area contributed by atoms with Crippen molar-refractivity contribution in [1.82, 2.24) is 0 Å². The molecular weight excluding hydrogens is 450 g/mol. The number of ketones is 1. The van der Waals surface area contributed by atoms with Gasteiger partial charge in [-0.25, -0.2) is 4.79 Å². The third kappa shape index (κ3) is 7.62. The SMILES string of the molecule is CCCCCCC(=NOC(=O)c1ccccc1)C(=O)c1ccc(Sc2ccccc2)cc1S. The van der Waals surface area contributed by atoms with Crippen LogP contribution in [0.2, 0.25) is 0 Å². The van der Waals surface area contributed by atoms with Gasteiger partial charge in [0.25, 0.3) is 0 Å². The van der Waals surface area contributed by atoms with E-state index in [1.807, 2.05) is 48.5 Å². The molecule has 0 atom stereocenters. The predicted molar refractivity (Wildman–Crippen MR) is 137 cm³/mol. The van der Waals surface area contributed by atoms with Crippen LogP contribution in [0.5, 0.6) is 0 Å². The van der Waals surface area contributed by atoms with Crippen molar-refractivity contribution in [2.24, 2.45) is 5.16 Å². The molecule has 0 bridgehead atoms. The summed E-state index contributed by atoms with van der Waals surface area (Å²) in [6, 6.07) is 24.2. The number of benzene rings is 3. The standard InChI is InChI=1S/C27H27NO3S2/c1-2-3-4-11-16-24(28-31-27(30)20-12-7-5-8-13-20)26(29)23-18-17-22(19-25(23)32)33-21-14-9-6-10-15-21/h5-10,12-15,17-19,32H,2-4,11,16H2,1H3. The zero-order chi connectivity index (χ0) is 23.5. The van der Waals surface area contributed by atoms with Gasteiger partial charge >= 0.3 is 5.97 Å². The average molecular weight is 478 g/mol. The van der Waals surface area contributed by atoms with E-state index in [0.717, 1.165) is 35.5 Å². The van der Waals surface area contributed by atoms with E-state index < -0.39 is 5.97 Å². The molecule has 0 saturated carbocycles. The third-order valence-electron chi connectivity index (χ3n) is 4.97. The van der Waals surface area contributed by atoms with E-state index in [2.05, 4.69) is 24.7 Å². The molecule has 0 spiro atoms. The van der Waals surface area contributed by atoms with Crippen LogP contribution in [-0.2, 0) is 4.84 Å². The number of nitrogens with zero attached hydrogens (tertiary/aromatic N) is 1. The van der Waals surface area contributed by atoms with Crippen molar-refractivity contribution in [2.45, 2.75) is 53.7 Å². The van der Waals surface area contributed by atoms with Crippen molar-refractivity contribution in [3.63, 3.8) is 0 Å². The number of hydrogen-bond acceptors (Lipinski definition) is 6. The zero-order valence-corrected chi connectivity index (χ0v) is 20.3. The molecule has 0 aliphatic rings. The van der Waals surface area contributed by atoms with Gasteiger partial charge in [0, 0.05) is 20.2 Å². The van der Waals surface area contributed by atoms with Crippen LogP contribution in [0.4, 0.5) is 0 Å². The van der Waals surface area contributed by atoms with Crippen LogP contribution in [0.3, 0.4) is 0 Å². The third-order valence-corrected chi connectivity index (χ3v) is 6.34. The van der Waals surface area contributed by atoms with Gasteiger partial charge in [0.05, 0.1) is 5.56 Å². The van der Waals surface area contributed by atoms with Crippen molar-refractivity contribution in [3.05, 3.63) is 90.0 Å². The van der Waals surface area contributed by atoms with Crippen molar-refractivity contribution in [3.8, 4) is 0 Å². The van der Waals surface area contributed by atoms with E-state index in [1.54, 1.807) is 42.1 Å². The van der Waals surface area contributed by atoms with Crippen LogP contribution in [-0.4, -0.2) is 17.5 Å². The fourth-order valence-electron chi connectivity index (χ4n) is 3.19. The Morgan fingerprint density at radius 3 is 2.24 bits per heavy atom. The summed E-state index contributed by atoms with van der Waals surface area (Å²) < 4.78 is 0. The fourth-order valence-corrected chi connectivity index (χ4v) is 4.47. The molecule has 0 aliphatic carbocycles. The maximum atomic E-state index is 13.3. The Kier molecular flexibility index (Phi) is 9.78. The predicted octanol–water partition coefficient (Wildman–Crippen LogP) is 7.49. The highest BCUT2D eigenvalue weighted by Gasteiger charge is 2.19. The zero-order valence-electron chi connectivity index (χ0n) is 18.6. The number of unbranched alkanes of at least 4 members (excludes halogenated alkanes) is 3. The number of hydrogen-bond donors (Lipinski definition) is 1. The molecule has 0 fully saturated rings. The van der Waals surface area contributed by atoms with E-state index in [9.17, 15) is 9.59 Å². The second-order valence-corrected chi connectivity index (χ2v) is 9.15. The Balaban J connectivity index is 1.77. The van der Waals surface area contributed by atoms with Gasteiger partial charge in [0.2, 0.25) is 5.78 Å². The minimum Gasteiger partial charge on any atom is -0.312 e. The normalized spacial score (nSPS) is 11.3. The van der Waals surface area contributed by atoms with E-state index in [4.69, 9.17) is 4.84 Å². The number of carbonyl (C=O) groups is 2. The van der Waals surface area contributed by atoms with Gasteiger partial charge in [-0.3, -0.25) is 4.79 Å². The summed E-state index contributed by atoms with van der Waals surface area (Å²) in [5.41, 5.74) is 1.06. The number of carbonyl (C=O) groups excluding carboxylic acids is 2. The van der Waals surface area contributed by atoms with Crippen molar-refractivity contribution < 1.29 is 14.4 Å². The van der Waals surface area contributed by atoms with Crippen LogP contribution < -0.4 is 0 Å². The summed E-state index contributed by atoms with van der Waals surface area (Å²) in [7, 11) is 0. The van der Waals surface area contributed by atoms with E-state index >= 15 is 0 Å². The van der Waals surface area contributed by atoms with Gasteiger partial charge in [-0.05, 0) is 55.3 Å². The van der Waals surface area contributed by atoms with Gasteiger partial charge in [0.15, 0.2) is 0 Å². The molecular formula is C27H27NO3S2. The summed E-state index contributed by atoms with van der Waals surface area (Å²) in [5.74, 6) is -0.858. The fraction of sp³-hybridized carbons (Fsp3) is 0.222. The van der Waals surface area contributed by atoms with Gasteiger partial charge in [-0.2, -0.15) is 0 Å². The number of thiol groups is 1. The van der Waals surface area contributed by atoms with Gasteiger partial charge in [-0.1, -0.05) is 79.5 Å². The van der Waals surface area contributed by atoms with Crippen molar-refractivity contribution in [2.75, 3.05) is 0 Å². The first kappa shape index (κ1) is 24.8. The largest absolute Gasteiger partial charge is 0.365 e. The highest BCUT2D eigenvalue weighted by atomic mass is 32.2. The smallest absolute Gasteiger partial charge is 0.312 e. The lowest BCUT2D eigenvalue weighted by molar-refractivity contribution is 0.0514. The van der Waals surface area contributed by atoms with E-state index in [-0.39, 0.29) is 11.5 Å². The Morgan fingerprint density at radius 1 is 0.879 bits per heavy atom. The molecule has 0 aromatic heterocycles. The van der Waals surface area contributed by atoms with Gasteiger partial charge in [0.1, 0.15) is 5.71 Å². The summed E-state index contributed by atoms with van der Waals surface area (Å²) in [5, 5.41) is 3.98. The second-order valence-electron chi connectivity index (χ2n) is 7.52. The lowest BCUT2D eigenvalue weighted by Crippen LogP contribution is -2.17. The molecule has 6 heteroatoms. The van der Waals surface area contributed by atoms with Crippen LogP contribution in [0.15, 0.2) is 98.7 Å². The van der Waals surface area contributed by atoms with E-state index in [1.165, 1.54) is 0 Å². The first-order valence-corrected chi connectivity index (χ1v) is 12.3. The Morgan fingerprint density at radius 2 is 1.58 bits per heavy atom. The Hall–Kier alpha value is -2.83. The summed E-state index contributed by atoms with van der Waals surface area (Å²) >= 11 is 6.16. The molecule has 170 valence electrons. The van der Waals surface area contributed by atoms with Crippen LogP contribution >= 0.6 is 24.4 Å². The monoisotopic (exact) mass is 477 g/mol. The summed E-state index contributed by atoms with van der Waals surface area (Å²) in [4.78, 5) is 33.4. The van der Waals surface area contributed by atoms with Crippen molar-refractivity contribution >= 4 is 41.9 Å². The number of oxime groups is 1. The molecule has 0 amide bonds. The maximum Gasteiger partial charge on any atom is 0.365 e. The van der Waals surface area contributed by atoms with E-state index in [0.29, 0.717) is 22.4 Å². The quantitative estimate of drug-likeness (QED) is 0.0776. The highest BCUT2D eigenvalue weighted by Crippen LogP contribution is 2.30. The topological polar surface area (TPSA) is 55.7 Å². The van der Waals surface area contributed by atoms with Crippen molar-refractivity contribution in [1.29, 1.82) is 0 Å². The molecule has 3 aromatic carbocycles. The lowest BCUT2D eigenvalue weighted by Gasteiger charge is -2.09. The minimum absolute atomic E-state index is 0.231. The van der Waals surface area contributed by atoms with Crippen LogP contribution in [0.25, 0.3) is 0 Å². The molecule has 0 heterocycles. The molecule has 4 nitrogen and oxygen atoms in total. The molecule has 3 aromatic rings. The number of rotatable bonds is 11. The van der Waals surface area contributed by atoms with Gasteiger partial charge in [-0.15, -0.1) is 12.6 Å². The molecule has 0 radical (unpaired) electrons. The average Bonchev–Trinajstić information content (AvgIpc) is 2.84. The molecule has 0 saturated heterocycles. The molecule has 0 aliphatic heterocycles. The Labute approximate surface area is 204 Å². The molecule has 33 heavy (non-hydrogen) atoms. The molecule has 0 N–H and O–H groups in total. The number of Topliss-reactive ketones (excluding diaryl/α,β-unsaturated/α-hetero) is 1. The lowest BCUT2D eigenvalue weighted by atomic mass is 10.0. The minimum atomic E-state index is -0.588. The summed E-state index contributed by atoms with van der Waals surface area (Å²) in [6.07, 6.45) is 4.38. The first-order valence-electron chi connectivity index (χ1n) is 11.0. The van der Waals surface area contributed by atoms with Crippen LogP contribution in [0.1, 0.15) is 59.7 Å². The second kappa shape index (κ2) is 13.0. The first-order chi connectivity index (χ1) is 16.1.